The molecule has 0 atom stereocenters. The van der Waals surface area contributed by atoms with Crippen molar-refractivity contribution >= 4 is 10.0 Å². The first-order valence-corrected chi connectivity index (χ1v) is 9.05. The first-order valence-electron chi connectivity index (χ1n) is 7.61. The molecule has 0 saturated carbocycles. The third-order valence-corrected chi connectivity index (χ3v) is 6.10. The highest BCUT2D eigenvalue weighted by molar-refractivity contribution is 7.89. The zero-order chi connectivity index (χ0) is 16.0. The number of aliphatic hydroxyl groups excluding tert-OH is 1. The van der Waals surface area contributed by atoms with Gasteiger partial charge in [-0.15, -0.1) is 0 Å². The minimum atomic E-state index is -3.51. The molecule has 0 heterocycles. The Morgan fingerprint density at radius 3 is 2.29 bits per heavy atom. The second-order valence-corrected chi connectivity index (χ2v) is 7.30. The van der Waals surface area contributed by atoms with Gasteiger partial charge in [0.05, 0.1) is 11.5 Å². The first-order chi connectivity index (χ1) is 9.90. The number of hydrogen-bond acceptors (Lipinski definition) is 3. The topological polar surface area (TPSA) is 57.6 Å². The van der Waals surface area contributed by atoms with Crippen molar-refractivity contribution < 1.29 is 13.5 Å². The smallest absolute Gasteiger partial charge is 0.243 e. The zero-order valence-electron chi connectivity index (χ0n) is 13.5. The summed E-state index contributed by atoms with van der Waals surface area (Å²) in [5, 5.41) is 9.23. The van der Waals surface area contributed by atoms with Gasteiger partial charge in [-0.25, -0.2) is 8.42 Å². The Morgan fingerprint density at radius 2 is 1.81 bits per heavy atom. The molecule has 5 heteroatoms. The maximum Gasteiger partial charge on any atom is 0.243 e. The third kappa shape index (κ3) is 4.28. The summed E-state index contributed by atoms with van der Waals surface area (Å²) in [6, 6.07) is 5.09. The average Bonchev–Trinajstić information content (AvgIpc) is 2.48. The fourth-order valence-corrected chi connectivity index (χ4v) is 4.19. The third-order valence-electron chi connectivity index (χ3n) is 4.02. The molecule has 0 unspecified atom stereocenters. The predicted molar refractivity (Wildman–Crippen MR) is 85.6 cm³/mol. The minimum Gasteiger partial charge on any atom is -0.392 e. The average molecular weight is 313 g/mol. The molecule has 0 aromatic heterocycles. The van der Waals surface area contributed by atoms with Gasteiger partial charge in [-0.3, -0.25) is 0 Å². The number of nitrogens with zero attached hydrogens (tertiary/aromatic N) is 1. The van der Waals surface area contributed by atoms with Crippen molar-refractivity contribution in [3.63, 3.8) is 0 Å². The van der Waals surface area contributed by atoms with Crippen molar-refractivity contribution in [2.24, 2.45) is 5.92 Å². The lowest BCUT2D eigenvalue weighted by Crippen LogP contribution is -2.35. The second kappa shape index (κ2) is 7.92. The van der Waals surface area contributed by atoms with Crippen LogP contribution in [0.15, 0.2) is 23.1 Å². The minimum absolute atomic E-state index is 0.151. The second-order valence-electron chi connectivity index (χ2n) is 5.40. The van der Waals surface area contributed by atoms with Crippen molar-refractivity contribution in [1.82, 2.24) is 4.31 Å². The van der Waals surface area contributed by atoms with E-state index in [9.17, 15) is 13.5 Å². The van der Waals surface area contributed by atoms with Gasteiger partial charge in [0.2, 0.25) is 10.0 Å². The number of benzene rings is 1. The van der Waals surface area contributed by atoms with E-state index in [4.69, 9.17) is 0 Å². The van der Waals surface area contributed by atoms with Gasteiger partial charge in [-0.2, -0.15) is 4.31 Å². The molecule has 0 aliphatic carbocycles. The Kier molecular flexibility index (Phi) is 6.84. The largest absolute Gasteiger partial charge is 0.392 e. The summed E-state index contributed by atoms with van der Waals surface area (Å²) in [5.74, 6) is 0.376. The Bertz CT molecular complexity index is 551. The molecular formula is C16H27NO3S. The van der Waals surface area contributed by atoms with E-state index >= 15 is 0 Å². The van der Waals surface area contributed by atoms with Crippen molar-refractivity contribution in [1.29, 1.82) is 0 Å². The molecule has 4 nitrogen and oxygen atoms in total. The molecule has 21 heavy (non-hydrogen) atoms. The van der Waals surface area contributed by atoms with E-state index in [0.717, 1.165) is 18.4 Å². The van der Waals surface area contributed by atoms with Crippen LogP contribution in [0.5, 0.6) is 0 Å². The quantitative estimate of drug-likeness (QED) is 0.803. The predicted octanol–water partition coefficient (Wildman–Crippen LogP) is 2.93. The Morgan fingerprint density at radius 1 is 1.19 bits per heavy atom. The van der Waals surface area contributed by atoms with Gasteiger partial charge in [0.25, 0.3) is 0 Å². The van der Waals surface area contributed by atoms with Crippen LogP contribution in [-0.4, -0.2) is 30.9 Å². The van der Waals surface area contributed by atoms with Crippen LogP contribution in [-0.2, 0) is 16.6 Å². The summed E-state index contributed by atoms with van der Waals surface area (Å²) in [4.78, 5) is 0.307. The Balaban J connectivity index is 3.18. The van der Waals surface area contributed by atoms with Crippen LogP contribution >= 0.6 is 0 Å². The van der Waals surface area contributed by atoms with Gasteiger partial charge in [0.15, 0.2) is 0 Å². The van der Waals surface area contributed by atoms with Crippen LogP contribution in [0.2, 0.25) is 0 Å². The SMILES string of the molecule is CCC(CC)CN(CC)S(=O)(=O)c1cc(CO)ccc1C. The molecule has 1 aromatic carbocycles. The number of aryl methyl sites for hydroxylation is 1. The van der Waals surface area contributed by atoms with E-state index in [1.54, 1.807) is 29.4 Å². The van der Waals surface area contributed by atoms with E-state index in [1.165, 1.54) is 0 Å². The van der Waals surface area contributed by atoms with Crippen molar-refractivity contribution in [2.45, 2.75) is 52.0 Å². The van der Waals surface area contributed by atoms with Gasteiger partial charge >= 0.3 is 0 Å². The summed E-state index contributed by atoms with van der Waals surface area (Å²) in [5.41, 5.74) is 1.34. The van der Waals surface area contributed by atoms with E-state index in [1.807, 2.05) is 6.92 Å². The fourth-order valence-electron chi connectivity index (χ4n) is 2.39. The van der Waals surface area contributed by atoms with Gasteiger partial charge < -0.3 is 5.11 Å². The molecule has 1 N–H and O–H groups in total. The monoisotopic (exact) mass is 313 g/mol. The Hall–Kier alpha value is -0.910. The van der Waals surface area contributed by atoms with Crippen molar-refractivity contribution in [3.05, 3.63) is 29.3 Å². The van der Waals surface area contributed by atoms with E-state index in [0.29, 0.717) is 29.5 Å². The maximum atomic E-state index is 12.9. The van der Waals surface area contributed by atoms with E-state index in [2.05, 4.69) is 13.8 Å². The highest BCUT2D eigenvalue weighted by Crippen LogP contribution is 2.23. The highest BCUT2D eigenvalue weighted by Gasteiger charge is 2.26. The van der Waals surface area contributed by atoms with Crippen molar-refractivity contribution in [3.8, 4) is 0 Å². The normalized spacial score (nSPS) is 12.3. The summed E-state index contributed by atoms with van der Waals surface area (Å²) < 4.78 is 27.3. The fraction of sp³-hybridized carbons (Fsp3) is 0.625. The molecule has 0 saturated heterocycles. The van der Waals surface area contributed by atoms with Crippen LogP contribution in [0.1, 0.15) is 44.7 Å². The molecule has 1 aromatic rings. The van der Waals surface area contributed by atoms with Crippen LogP contribution in [0, 0.1) is 12.8 Å². The van der Waals surface area contributed by atoms with Crippen molar-refractivity contribution in [2.75, 3.05) is 13.1 Å². The Labute approximate surface area is 128 Å². The summed E-state index contributed by atoms with van der Waals surface area (Å²) in [6.45, 7) is 8.69. The molecule has 0 spiro atoms. The molecular weight excluding hydrogens is 286 g/mol. The molecule has 0 radical (unpaired) electrons. The summed E-state index contributed by atoms with van der Waals surface area (Å²) >= 11 is 0. The van der Waals surface area contributed by atoms with Crippen LogP contribution < -0.4 is 0 Å². The van der Waals surface area contributed by atoms with Crippen LogP contribution in [0.4, 0.5) is 0 Å². The number of sulfonamides is 1. The molecule has 0 aliphatic heterocycles. The maximum absolute atomic E-state index is 12.9. The lowest BCUT2D eigenvalue weighted by molar-refractivity contribution is 0.281. The van der Waals surface area contributed by atoms with E-state index in [-0.39, 0.29) is 6.61 Å². The standard InChI is InChI=1S/C16H27NO3S/c1-5-14(6-2)11-17(7-3)21(19,20)16-10-15(12-18)9-8-13(16)4/h8-10,14,18H,5-7,11-12H2,1-4H3. The molecule has 1 rings (SSSR count). The molecule has 0 fully saturated rings. The summed E-state index contributed by atoms with van der Waals surface area (Å²) in [7, 11) is -3.51. The van der Waals surface area contributed by atoms with Gasteiger partial charge in [-0.1, -0.05) is 45.7 Å². The number of hydrogen-bond donors (Lipinski definition) is 1. The molecule has 0 bridgehead atoms. The van der Waals surface area contributed by atoms with Crippen LogP contribution in [0.3, 0.4) is 0 Å². The zero-order valence-corrected chi connectivity index (χ0v) is 14.3. The lowest BCUT2D eigenvalue weighted by atomic mass is 10.0. The van der Waals surface area contributed by atoms with E-state index < -0.39 is 10.0 Å². The molecule has 120 valence electrons. The summed E-state index contributed by atoms with van der Waals surface area (Å²) in [6.07, 6.45) is 1.94. The van der Waals surface area contributed by atoms with Gasteiger partial charge in [0, 0.05) is 13.1 Å². The first kappa shape index (κ1) is 18.1. The highest BCUT2D eigenvalue weighted by atomic mass is 32.2. The molecule has 0 aliphatic rings. The van der Waals surface area contributed by atoms with Gasteiger partial charge in [0.1, 0.15) is 0 Å². The number of aliphatic hydroxyl groups is 1. The number of rotatable bonds is 8. The van der Waals surface area contributed by atoms with Gasteiger partial charge in [-0.05, 0) is 30.0 Å². The lowest BCUT2D eigenvalue weighted by Gasteiger charge is -2.25. The van der Waals surface area contributed by atoms with Crippen LogP contribution in [0.25, 0.3) is 0 Å². The molecule has 0 amide bonds.